The van der Waals surface area contributed by atoms with Gasteiger partial charge in [-0.15, -0.1) is 0 Å². The van der Waals surface area contributed by atoms with E-state index in [1.165, 1.54) is 23.0 Å². The SMILES string of the molecule is CCOC(=O)C1=C(c2ccccc2)N=c2s/c(=C\c3ccc(OC)cc3)c(=O)n2[C@@H]1c1cccc(OC)c1OC. The summed E-state index contributed by atoms with van der Waals surface area (Å²) in [6.07, 6.45) is 1.80. The lowest BCUT2D eigenvalue weighted by Crippen LogP contribution is -2.40. The molecule has 1 atom stereocenters. The van der Waals surface area contributed by atoms with Gasteiger partial charge in [0.05, 0.1) is 43.7 Å². The molecule has 0 saturated heterocycles. The van der Waals surface area contributed by atoms with Gasteiger partial charge in [-0.05, 0) is 36.8 Å². The van der Waals surface area contributed by atoms with Gasteiger partial charge in [0, 0.05) is 11.1 Å². The lowest BCUT2D eigenvalue weighted by molar-refractivity contribution is -0.138. The van der Waals surface area contributed by atoms with Gasteiger partial charge in [0.25, 0.3) is 5.56 Å². The molecule has 0 saturated carbocycles. The zero-order valence-corrected chi connectivity index (χ0v) is 23.4. The number of aromatic nitrogens is 1. The van der Waals surface area contributed by atoms with E-state index in [4.69, 9.17) is 23.9 Å². The van der Waals surface area contributed by atoms with Crippen LogP contribution in [0.15, 0.2) is 88.2 Å². The molecule has 0 fully saturated rings. The summed E-state index contributed by atoms with van der Waals surface area (Å²) in [5.74, 6) is 1.04. The van der Waals surface area contributed by atoms with Gasteiger partial charge in [0.15, 0.2) is 16.3 Å². The number of carbonyl (C=O) groups is 1. The molecule has 4 aromatic rings. The zero-order valence-electron chi connectivity index (χ0n) is 22.5. The van der Waals surface area contributed by atoms with Gasteiger partial charge in [0.1, 0.15) is 11.8 Å². The number of carbonyl (C=O) groups excluding carboxylic acids is 1. The topological polar surface area (TPSA) is 88.4 Å². The third-order valence-corrected chi connectivity index (χ3v) is 7.50. The minimum Gasteiger partial charge on any atom is -0.497 e. The van der Waals surface area contributed by atoms with E-state index in [1.807, 2.05) is 60.7 Å². The first kappa shape index (κ1) is 27.0. The largest absolute Gasteiger partial charge is 0.497 e. The first-order chi connectivity index (χ1) is 19.5. The van der Waals surface area contributed by atoms with E-state index < -0.39 is 12.0 Å². The number of rotatable bonds is 8. The molecule has 5 rings (SSSR count). The van der Waals surface area contributed by atoms with Crippen LogP contribution < -0.4 is 29.1 Å². The second-order valence-electron chi connectivity index (χ2n) is 8.79. The Hall–Kier alpha value is -4.63. The average Bonchev–Trinajstić information content (AvgIpc) is 3.30. The number of methoxy groups -OCH3 is 3. The van der Waals surface area contributed by atoms with Crippen molar-refractivity contribution in [2.45, 2.75) is 13.0 Å². The Morgan fingerprint density at radius 3 is 2.35 bits per heavy atom. The average molecular weight is 557 g/mol. The number of ether oxygens (including phenoxy) is 4. The van der Waals surface area contributed by atoms with Crippen molar-refractivity contribution < 1.29 is 23.7 Å². The molecule has 0 spiro atoms. The van der Waals surface area contributed by atoms with E-state index in [0.29, 0.717) is 32.1 Å². The molecule has 0 bridgehead atoms. The van der Waals surface area contributed by atoms with Crippen LogP contribution in [0.2, 0.25) is 0 Å². The molecule has 0 unspecified atom stereocenters. The first-order valence-corrected chi connectivity index (χ1v) is 13.5. The summed E-state index contributed by atoms with van der Waals surface area (Å²) < 4.78 is 24.1. The molecule has 0 N–H and O–H groups in total. The summed E-state index contributed by atoms with van der Waals surface area (Å²) in [6, 6.07) is 21.3. The predicted molar refractivity (Wildman–Crippen MR) is 154 cm³/mol. The molecule has 0 radical (unpaired) electrons. The maximum absolute atomic E-state index is 14.1. The smallest absolute Gasteiger partial charge is 0.338 e. The molecule has 8 nitrogen and oxygen atoms in total. The van der Waals surface area contributed by atoms with Crippen LogP contribution in [0.25, 0.3) is 11.8 Å². The second kappa shape index (κ2) is 11.6. The van der Waals surface area contributed by atoms with E-state index in [-0.39, 0.29) is 17.7 Å². The fourth-order valence-corrected chi connectivity index (χ4v) is 5.71. The lowest BCUT2D eigenvalue weighted by atomic mass is 9.92. The lowest BCUT2D eigenvalue weighted by Gasteiger charge is -2.27. The number of thiazole rings is 1. The first-order valence-electron chi connectivity index (χ1n) is 12.6. The monoisotopic (exact) mass is 556 g/mol. The van der Waals surface area contributed by atoms with Gasteiger partial charge in [0.2, 0.25) is 0 Å². The van der Waals surface area contributed by atoms with Gasteiger partial charge >= 0.3 is 5.97 Å². The summed E-state index contributed by atoms with van der Waals surface area (Å²) in [4.78, 5) is 33.0. The van der Waals surface area contributed by atoms with Crippen LogP contribution in [0.3, 0.4) is 0 Å². The number of hydrogen-bond donors (Lipinski definition) is 0. The standard InChI is InChI=1S/C31H28N2O6S/c1-5-39-30(35)25-26(20-10-7-6-8-11-20)32-31-33(27(25)22-12-9-13-23(37-3)28(22)38-4)29(34)24(40-31)18-19-14-16-21(36-2)17-15-19/h6-18,27H,5H2,1-4H3/b24-18-/t27-/m1/s1. The Morgan fingerprint density at radius 1 is 0.950 bits per heavy atom. The molecule has 3 aromatic carbocycles. The van der Waals surface area contributed by atoms with Gasteiger partial charge in [-0.25, -0.2) is 9.79 Å². The molecule has 204 valence electrons. The molecular weight excluding hydrogens is 528 g/mol. The fourth-order valence-electron chi connectivity index (χ4n) is 4.71. The van der Waals surface area contributed by atoms with Crippen LogP contribution in [0.4, 0.5) is 0 Å². The van der Waals surface area contributed by atoms with Gasteiger partial charge in [-0.3, -0.25) is 9.36 Å². The van der Waals surface area contributed by atoms with Crippen molar-refractivity contribution in [2.75, 3.05) is 27.9 Å². The van der Waals surface area contributed by atoms with Crippen LogP contribution in [-0.4, -0.2) is 38.5 Å². The molecule has 1 aliphatic heterocycles. The highest BCUT2D eigenvalue weighted by atomic mass is 32.1. The number of para-hydroxylation sites is 1. The normalized spacial score (nSPS) is 14.8. The van der Waals surface area contributed by atoms with Crippen molar-refractivity contribution in [3.63, 3.8) is 0 Å². The van der Waals surface area contributed by atoms with Crippen LogP contribution in [0.5, 0.6) is 17.2 Å². The minimum atomic E-state index is -0.881. The van der Waals surface area contributed by atoms with Crippen molar-refractivity contribution >= 4 is 29.1 Å². The number of benzene rings is 3. The number of fused-ring (bicyclic) bond motifs is 1. The Kier molecular flexibility index (Phi) is 7.84. The molecule has 40 heavy (non-hydrogen) atoms. The summed E-state index contributed by atoms with van der Waals surface area (Å²) in [5, 5.41) is 0. The second-order valence-corrected chi connectivity index (χ2v) is 9.80. The van der Waals surface area contributed by atoms with Crippen molar-refractivity contribution in [1.29, 1.82) is 0 Å². The Morgan fingerprint density at radius 2 is 1.70 bits per heavy atom. The Balaban J connectivity index is 1.85. The molecule has 0 amide bonds. The van der Waals surface area contributed by atoms with E-state index >= 15 is 0 Å². The van der Waals surface area contributed by atoms with Crippen molar-refractivity contribution in [3.05, 3.63) is 115 Å². The third kappa shape index (κ3) is 4.91. The highest BCUT2D eigenvalue weighted by Crippen LogP contribution is 2.42. The van der Waals surface area contributed by atoms with Gasteiger partial charge < -0.3 is 18.9 Å². The van der Waals surface area contributed by atoms with E-state index in [1.54, 1.807) is 39.4 Å². The Bertz CT molecular complexity index is 1750. The highest BCUT2D eigenvalue weighted by Gasteiger charge is 2.37. The maximum Gasteiger partial charge on any atom is 0.338 e. The molecule has 2 heterocycles. The van der Waals surface area contributed by atoms with E-state index in [9.17, 15) is 9.59 Å². The molecular formula is C31H28N2O6S. The number of hydrogen-bond acceptors (Lipinski definition) is 8. The zero-order chi connectivity index (χ0) is 28.2. The summed E-state index contributed by atoms with van der Waals surface area (Å²) >= 11 is 1.25. The minimum absolute atomic E-state index is 0.161. The Labute approximate surface area is 235 Å². The van der Waals surface area contributed by atoms with Crippen LogP contribution in [0.1, 0.15) is 29.7 Å². The van der Waals surface area contributed by atoms with Crippen LogP contribution in [0, 0.1) is 0 Å². The van der Waals surface area contributed by atoms with E-state index in [2.05, 4.69) is 0 Å². The maximum atomic E-state index is 14.1. The molecule has 1 aliphatic rings. The molecule has 0 aliphatic carbocycles. The van der Waals surface area contributed by atoms with Gasteiger partial charge in [-0.2, -0.15) is 0 Å². The third-order valence-electron chi connectivity index (χ3n) is 6.52. The fraction of sp³-hybridized carbons (Fsp3) is 0.194. The summed E-state index contributed by atoms with van der Waals surface area (Å²) in [7, 11) is 4.67. The predicted octanol–water partition coefficient (Wildman–Crippen LogP) is 3.96. The van der Waals surface area contributed by atoms with Crippen molar-refractivity contribution in [3.8, 4) is 17.2 Å². The van der Waals surface area contributed by atoms with Gasteiger partial charge in [-0.1, -0.05) is 65.9 Å². The molecule has 1 aromatic heterocycles. The van der Waals surface area contributed by atoms with Crippen LogP contribution >= 0.6 is 11.3 Å². The summed E-state index contributed by atoms with van der Waals surface area (Å²) in [6.45, 7) is 1.90. The summed E-state index contributed by atoms with van der Waals surface area (Å²) in [5.41, 5.74) is 2.52. The quantitative estimate of drug-likeness (QED) is 0.306. The van der Waals surface area contributed by atoms with Crippen molar-refractivity contribution in [2.24, 2.45) is 4.99 Å². The molecule has 9 heteroatoms. The van der Waals surface area contributed by atoms with Crippen molar-refractivity contribution in [1.82, 2.24) is 4.57 Å². The van der Waals surface area contributed by atoms with Crippen LogP contribution in [-0.2, 0) is 9.53 Å². The highest BCUT2D eigenvalue weighted by molar-refractivity contribution is 7.07. The number of nitrogens with zero attached hydrogens (tertiary/aromatic N) is 2. The number of esters is 1. The van der Waals surface area contributed by atoms with E-state index in [0.717, 1.165) is 16.9 Å².